The number of nitrogens with one attached hydrogen (secondary N) is 1. The molecule has 0 fully saturated rings. The summed E-state index contributed by atoms with van der Waals surface area (Å²) in [7, 11) is -3.19. The average Bonchev–Trinajstić information content (AvgIpc) is 2.17. The van der Waals surface area contributed by atoms with E-state index >= 15 is 0 Å². The van der Waals surface area contributed by atoms with Crippen LogP contribution in [-0.2, 0) is 9.84 Å². The van der Waals surface area contributed by atoms with E-state index in [1.165, 1.54) is 6.26 Å². The fourth-order valence-corrected chi connectivity index (χ4v) is 2.14. The van der Waals surface area contributed by atoms with Gasteiger partial charge in [-0.25, -0.2) is 8.42 Å². The third-order valence-corrected chi connectivity index (χ3v) is 3.54. The maximum Gasteiger partial charge on any atom is 0.177 e. The van der Waals surface area contributed by atoms with Crippen molar-refractivity contribution in [2.24, 2.45) is 0 Å². The van der Waals surface area contributed by atoms with Gasteiger partial charge in [0.15, 0.2) is 9.84 Å². The zero-order valence-electron chi connectivity index (χ0n) is 8.70. The molecule has 0 heterocycles. The van der Waals surface area contributed by atoms with Crippen LogP contribution in [0.5, 0.6) is 0 Å². The Bertz CT molecular complexity index is 431. The maximum absolute atomic E-state index is 11.5. The first kappa shape index (κ1) is 12.3. The van der Waals surface area contributed by atoms with E-state index < -0.39 is 9.84 Å². The summed E-state index contributed by atoms with van der Waals surface area (Å²) >= 11 is 5.66. The van der Waals surface area contributed by atoms with Crippen LogP contribution in [0.15, 0.2) is 29.2 Å². The number of halogens is 1. The molecule has 0 aromatic heterocycles. The Morgan fingerprint density at radius 2 is 2.00 bits per heavy atom. The molecule has 1 atom stereocenters. The Morgan fingerprint density at radius 1 is 1.40 bits per heavy atom. The monoisotopic (exact) mass is 247 g/mol. The number of hydrogen-bond acceptors (Lipinski definition) is 3. The molecule has 1 aromatic carbocycles. The van der Waals surface area contributed by atoms with E-state index in [2.05, 4.69) is 5.32 Å². The third-order valence-electron chi connectivity index (χ3n) is 1.92. The minimum Gasteiger partial charge on any atom is -0.380 e. The summed E-state index contributed by atoms with van der Waals surface area (Å²) in [4.78, 5) is 0.307. The molecule has 0 aliphatic rings. The summed E-state index contributed by atoms with van der Waals surface area (Å²) in [5.41, 5.74) is 0.605. The summed E-state index contributed by atoms with van der Waals surface area (Å²) in [6.45, 7) is 1.89. The van der Waals surface area contributed by atoms with Crippen LogP contribution in [0.4, 0.5) is 5.69 Å². The third kappa shape index (κ3) is 3.39. The first-order chi connectivity index (χ1) is 6.95. The Balaban J connectivity index is 3.08. The highest BCUT2D eigenvalue weighted by Gasteiger charge is 2.13. The molecule has 1 rings (SSSR count). The molecule has 0 aliphatic heterocycles. The summed E-state index contributed by atoms with van der Waals surface area (Å²) in [6.07, 6.45) is 1.19. The SMILES string of the molecule is CC(CCl)Nc1ccccc1S(C)(=O)=O. The first-order valence-corrected chi connectivity index (χ1v) is 6.99. The van der Waals surface area contributed by atoms with Gasteiger partial charge in [0, 0.05) is 18.2 Å². The molecule has 3 nitrogen and oxygen atoms in total. The van der Waals surface area contributed by atoms with Crippen LogP contribution in [0.3, 0.4) is 0 Å². The molecular weight excluding hydrogens is 234 g/mol. The van der Waals surface area contributed by atoms with Gasteiger partial charge in [-0.05, 0) is 19.1 Å². The molecular formula is C10H14ClNO2S. The van der Waals surface area contributed by atoms with E-state index in [1.807, 2.05) is 6.92 Å². The maximum atomic E-state index is 11.5. The second kappa shape index (κ2) is 4.86. The number of hydrogen-bond donors (Lipinski definition) is 1. The fraction of sp³-hybridized carbons (Fsp3) is 0.400. The molecule has 5 heteroatoms. The molecule has 1 aromatic rings. The Kier molecular flexibility index (Phi) is 3.99. The zero-order valence-corrected chi connectivity index (χ0v) is 10.3. The van der Waals surface area contributed by atoms with Gasteiger partial charge in [0.05, 0.1) is 10.6 Å². The van der Waals surface area contributed by atoms with Gasteiger partial charge in [-0.15, -0.1) is 11.6 Å². The summed E-state index contributed by atoms with van der Waals surface area (Å²) < 4.78 is 22.9. The molecule has 0 saturated carbocycles. The van der Waals surface area contributed by atoms with Crippen LogP contribution >= 0.6 is 11.6 Å². The quantitative estimate of drug-likeness (QED) is 0.830. The second-order valence-electron chi connectivity index (χ2n) is 3.47. The number of rotatable bonds is 4. The van der Waals surface area contributed by atoms with Gasteiger partial charge in [-0.3, -0.25) is 0 Å². The summed E-state index contributed by atoms with van der Waals surface area (Å²) in [5, 5.41) is 3.06. The van der Waals surface area contributed by atoms with Crippen molar-refractivity contribution in [1.29, 1.82) is 0 Å². The van der Waals surface area contributed by atoms with Crippen molar-refractivity contribution in [1.82, 2.24) is 0 Å². The fourth-order valence-electron chi connectivity index (χ4n) is 1.21. The van der Waals surface area contributed by atoms with E-state index in [0.29, 0.717) is 16.5 Å². The molecule has 1 unspecified atom stereocenters. The lowest BCUT2D eigenvalue weighted by atomic mass is 10.3. The Morgan fingerprint density at radius 3 is 2.53 bits per heavy atom. The predicted octanol–water partition coefficient (Wildman–Crippen LogP) is 2.13. The molecule has 0 saturated heterocycles. The minimum absolute atomic E-state index is 0.0366. The minimum atomic E-state index is -3.19. The lowest BCUT2D eigenvalue weighted by Crippen LogP contribution is -2.18. The lowest BCUT2D eigenvalue weighted by Gasteiger charge is -2.14. The van der Waals surface area contributed by atoms with Crippen molar-refractivity contribution in [3.05, 3.63) is 24.3 Å². The van der Waals surface area contributed by atoms with Crippen LogP contribution in [0.25, 0.3) is 0 Å². The topological polar surface area (TPSA) is 46.2 Å². The van der Waals surface area contributed by atoms with Crippen molar-refractivity contribution in [3.63, 3.8) is 0 Å². The Labute approximate surface area is 95.4 Å². The van der Waals surface area contributed by atoms with Gasteiger partial charge in [0.1, 0.15) is 0 Å². The average molecular weight is 248 g/mol. The number of alkyl halides is 1. The number of benzene rings is 1. The van der Waals surface area contributed by atoms with Gasteiger partial charge in [0.2, 0.25) is 0 Å². The van der Waals surface area contributed by atoms with Crippen LogP contribution < -0.4 is 5.32 Å². The van der Waals surface area contributed by atoms with E-state index in [1.54, 1.807) is 24.3 Å². The molecule has 84 valence electrons. The normalized spacial score (nSPS) is 13.5. The van der Waals surface area contributed by atoms with Crippen LogP contribution in [0.2, 0.25) is 0 Å². The first-order valence-electron chi connectivity index (χ1n) is 4.56. The largest absolute Gasteiger partial charge is 0.380 e. The standard InChI is InChI=1S/C10H14ClNO2S/c1-8(7-11)12-9-5-3-4-6-10(9)15(2,13)14/h3-6,8,12H,7H2,1-2H3. The van der Waals surface area contributed by atoms with Crippen molar-refractivity contribution in [3.8, 4) is 0 Å². The molecule has 0 amide bonds. The number of anilines is 1. The van der Waals surface area contributed by atoms with Crippen LogP contribution in [0, 0.1) is 0 Å². The van der Waals surface area contributed by atoms with Gasteiger partial charge in [0.25, 0.3) is 0 Å². The molecule has 0 aliphatic carbocycles. The predicted molar refractivity (Wildman–Crippen MR) is 63.4 cm³/mol. The smallest absolute Gasteiger partial charge is 0.177 e. The molecule has 1 N–H and O–H groups in total. The van der Waals surface area contributed by atoms with Crippen molar-refractivity contribution in [2.45, 2.75) is 17.9 Å². The van der Waals surface area contributed by atoms with Gasteiger partial charge in [-0.1, -0.05) is 12.1 Å². The van der Waals surface area contributed by atoms with E-state index in [4.69, 9.17) is 11.6 Å². The van der Waals surface area contributed by atoms with Gasteiger partial charge in [-0.2, -0.15) is 0 Å². The van der Waals surface area contributed by atoms with Crippen LogP contribution in [-0.4, -0.2) is 26.6 Å². The van der Waals surface area contributed by atoms with Crippen molar-refractivity contribution < 1.29 is 8.42 Å². The number of sulfone groups is 1. The summed E-state index contributed by atoms with van der Waals surface area (Å²) in [5.74, 6) is 0.429. The highest BCUT2D eigenvalue weighted by Crippen LogP contribution is 2.21. The highest BCUT2D eigenvalue weighted by molar-refractivity contribution is 7.90. The molecule has 0 bridgehead atoms. The zero-order chi connectivity index (χ0) is 11.5. The van der Waals surface area contributed by atoms with Crippen molar-refractivity contribution in [2.75, 3.05) is 17.5 Å². The van der Waals surface area contributed by atoms with Crippen LogP contribution in [0.1, 0.15) is 6.92 Å². The van der Waals surface area contributed by atoms with Crippen molar-refractivity contribution >= 4 is 27.1 Å². The van der Waals surface area contributed by atoms with Gasteiger partial charge >= 0.3 is 0 Å². The van der Waals surface area contributed by atoms with E-state index in [0.717, 1.165) is 0 Å². The van der Waals surface area contributed by atoms with E-state index in [-0.39, 0.29) is 6.04 Å². The Hall–Kier alpha value is -0.740. The molecule has 15 heavy (non-hydrogen) atoms. The summed E-state index contributed by atoms with van der Waals surface area (Å²) in [6, 6.07) is 6.85. The highest BCUT2D eigenvalue weighted by atomic mass is 35.5. The van der Waals surface area contributed by atoms with E-state index in [9.17, 15) is 8.42 Å². The lowest BCUT2D eigenvalue weighted by molar-refractivity contribution is 0.602. The molecule has 0 radical (unpaired) electrons. The molecule has 0 spiro atoms. The van der Waals surface area contributed by atoms with Gasteiger partial charge < -0.3 is 5.32 Å². The second-order valence-corrected chi connectivity index (χ2v) is 5.76. The number of para-hydroxylation sites is 1.